The molecule has 19 heavy (non-hydrogen) atoms. The van der Waals surface area contributed by atoms with Crippen LogP contribution in [0, 0.1) is 0 Å². The van der Waals surface area contributed by atoms with Crippen molar-refractivity contribution < 1.29 is 9.53 Å². The maximum atomic E-state index is 11.8. The summed E-state index contributed by atoms with van der Waals surface area (Å²) in [7, 11) is 1.89. The summed E-state index contributed by atoms with van der Waals surface area (Å²) in [4.78, 5) is 20.7. The summed E-state index contributed by atoms with van der Waals surface area (Å²) in [6, 6.07) is 10.0. The molecule has 1 N–H and O–H groups in total. The van der Waals surface area contributed by atoms with E-state index in [1.807, 2.05) is 42.3 Å². The van der Waals surface area contributed by atoms with Crippen LogP contribution < -0.4 is 4.90 Å². The standard InChI is InChI=1S/C14H17N3O2/c1-3-19-14(18)12-13(16-10-15-12)17(2)9-11-7-5-4-6-8-11/h4-8,10H,3,9H2,1-2H3,(H,15,16). The van der Waals surface area contributed by atoms with Crippen LogP contribution in [0.2, 0.25) is 0 Å². The van der Waals surface area contributed by atoms with Gasteiger partial charge in [-0.1, -0.05) is 30.3 Å². The van der Waals surface area contributed by atoms with E-state index in [1.54, 1.807) is 6.92 Å². The van der Waals surface area contributed by atoms with E-state index in [2.05, 4.69) is 9.97 Å². The highest BCUT2D eigenvalue weighted by Crippen LogP contribution is 2.17. The molecule has 5 nitrogen and oxygen atoms in total. The Hall–Kier alpha value is -2.30. The van der Waals surface area contributed by atoms with Crippen molar-refractivity contribution in [2.24, 2.45) is 0 Å². The fourth-order valence-electron chi connectivity index (χ4n) is 1.86. The van der Waals surface area contributed by atoms with Crippen LogP contribution in [0.1, 0.15) is 23.0 Å². The fourth-order valence-corrected chi connectivity index (χ4v) is 1.86. The molecule has 5 heteroatoms. The van der Waals surface area contributed by atoms with Gasteiger partial charge in [-0.05, 0) is 12.5 Å². The molecule has 2 aromatic rings. The molecule has 0 atom stereocenters. The quantitative estimate of drug-likeness (QED) is 0.836. The zero-order valence-corrected chi connectivity index (χ0v) is 11.1. The third kappa shape index (κ3) is 3.13. The van der Waals surface area contributed by atoms with Crippen molar-refractivity contribution in [3.05, 3.63) is 47.9 Å². The van der Waals surface area contributed by atoms with E-state index >= 15 is 0 Å². The molecule has 0 amide bonds. The molecule has 0 aliphatic heterocycles. The summed E-state index contributed by atoms with van der Waals surface area (Å²) in [6.07, 6.45) is 1.50. The Morgan fingerprint density at radius 3 is 2.79 bits per heavy atom. The molecule has 0 saturated heterocycles. The van der Waals surface area contributed by atoms with Crippen LogP contribution in [0.25, 0.3) is 0 Å². The summed E-state index contributed by atoms with van der Waals surface area (Å²) >= 11 is 0. The van der Waals surface area contributed by atoms with Crippen LogP contribution in [0.3, 0.4) is 0 Å². The number of nitrogens with one attached hydrogen (secondary N) is 1. The summed E-state index contributed by atoms with van der Waals surface area (Å²) in [5.41, 5.74) is 1.54. The largest absolute Gasteiger partial charge is 0.461 e. The summed E-state index contributed by atoms with van der Waals surface area (Å²) in [5.74, 6) is 0.220. The number of anilines is 1. The van der Waals surface area contributed by atoms with Gasteiger partial charge in [0.05, 0.1) is 12.9 Å². The molecular weight excluding hydrogens is 242 g/mol. The molecule has 100 valence electrons. The number of nitrogens with zero attached hydrogens (tertiary/aromatic N) is 2. The lowest BCUT2D eigenvalue weighted by Crippen LogP contribution is -2.20. The number of benzene rings is 1. The minimum Gasteiger partial charge on any atom is -0.461 e. The van der Waals surface area contributed by atoms with Crippen molar-refractivity contribution in [2.75, 3.05) is 18.6 Å². The van der Waals surface area contributed by atoms with E-state index in [0.717, 1.165) is 5.56 Å². The second-order valence-electron chi connectivity index (χ2n) is 4.16. The van der Waals surface area contributed by atoms with Gasteiger partial charge in [-0.3, -0.25) is 0 Å². The number of carbonyl (C=O) groups excluding carboxylic acids is 1. The number of hydrogen-bond donors (Lipinski definition) is 1. The molecule has 1 aromatic heterocycles. The van der Waals surface area contributed by atoms with Crippen molar-refractivity contribution in [1.82, 2.24) is 9.97 Å². The maximum absolute atomic E-state index is 11.8. The molecule has 0 aliphatic rings. The van der Waals surface area contributed by atoms with Gasteiger partial charge < -0.3 is 14.6 Å². The predicted octanol–water partition coefficient (Wildman–Crippen LogP) is 2.22. The third-order valence-electron chi connectivity index (χ3n) is 2.72. The number of aromatic amines is 1. The van der Waals surface area contributed by atoms with Gasteiger partial charge in [-0.2, -0.15) is 0 Å². The van der Waals surface area contributed by atoms with E-state index in [0.29, 0.717) is 24.7 Å². The highest BCUT2D eigenvalue weighted by Gasteiger charge is 2.18. The Balaban J connectivity index is 2.13. The van der Waals surface area contributed by atoms with Crippen molar-refractivity contribution >= 4 is 11.8 Å². The molecule has 0 fully saturated rings. The first-order chi connectivity index (χ1) is 9.22. The van der Waals surface area contributed by atoms with E-state index in [1.165, 1.54) is 6.33 Å². The predicted molar refractivity (Wildman–Crippen MR) is 73.1 cm³/mol. The van der Waals surface area contributed by atoms with Gasteiger partial charge in [-0.25, -0.2) is 9.78 Å². The second kappa shape index (κ2) is 6.04. The third-order valence-corrected chi connectivity index (χ3v) is 2.72. The Bertz CT molecular complexity index is 537. The molecule has 0 saturated carbocycles. The molecule has 0 spiro atoms. The van der Waals surface area contributed by atoms with Crippen LogP contribution in [0.15, 0.2) is 36.7 Å². The smallest absolute Gasteiger partial charge is 0.358 e. The first kappa shape index (κ1) is 13.1. The lowest BCUT2D eigenvalue weighted by Gasteiger charge is -2.17. The van der Waals surface area contributed by atoms with Crippen molar-refractivity contribution in [3.8, 4) is 0 Å². The molecule has 0 unspecified atom stereocenters. The average Bonchev–Trinajstić information content (AvgIpc) is 2.89. The van der Waals surface area contributed by atoms with Gasteiger partial charge in [0.1, 0.15) is 0 Å². The highest BCUT2D eigenvalue weighted by atomic mass is 16.5. The maximum Gasteiger partial charge on any atom is 0.358 e. The van der Waals surface area contributed by atoms with Gasteiger partial charge in [0, 0.05) is 13.6 Å². The minimum absolute atomic E-state index is 0.347. The zero-order chi connectivity index (χ0) is 13.7. The Morgan fingerprint density at radius 2 is 2.11 bits per heavy atom. The summed E-state index contributed by atoms with van der Waals surface area (Å²) in [6.45, 7) is 2.80. The number of ether oxygens (including phenoxy) is 1. The number of hydrogen-bond acceptors (Lipinski definition) is 4. The molecule has 1 heterocycles. The molecule has 0 bridgehead atoms. The monoisotopic (exact) mass is 259 g/mol. The number of esters is 1. The Morgan fingerprint density at radius 1 is 1.37 bits per heavy atom. The molecule has 0 radical (unpaired) electrons. The van der Waals surface area contributed by atoms with Crippen LogP contribution >= 0.6 is 0 Å². The van der Waals surface area contributed by atoms with E-state index < -0.39 is 0 Å². The SMILES string of the molecule is CCOC(=O)c1[nH]cnc1N(C)Cc1ccccc1. The first-order valence-electron chi connectivity index (χ1n) is 6.18. The van der Waals surface area contributed by atoms with Gasteiger partial charge in [0.25, 0.3) is 0 Å². The molecular formula is C14H17N3O2. The zero-order valence-electron chi connectivity index (χ0n) is 11.1. The lowest BCUT2D eigenvalue weighted by atomic mass is 10.2. The number of rotatable bonds is 5. The van der Waals surface area contributed by atoms with Gasteiger partial charge >= 0.3 is 5.97 Å². The fraction of sp³-hybridized carbons (Fsp3) is 0.286. The highest BCUT2D eigenvalue weighted by molar-refractivity contribution is 5.92. The molecule has 0 aliphatic carbocycles. The van der Waals surface area contributed by atoms with Crippen molar-refractivity contribution in [3.63, 3.8) is 0 Å². The minimum atomic E-state index is -0.380. The normalized spacial score (nSPS) is 10.2. The van der Waals surface area contributed by atoms with Crippen LogP contribution in [-0.2, 0) is 11.3 Å². The van der Waals surface area contributed by atoms with Crippen molar-refractivity contribution in [1.29, 1.82) is 0 Å². The van der Waals surface area contributed by atoms with Crippen LogP contribution in [0.4, 0.5) is 5.82 Å². The number of imidazole rings is 1. The van der Waals surface area contributed by atoms with Crippen molar-refractivity contribution in [2.45, 2.75) is 13.5 Å². The van der Waals surface area contributed by atoms with Crippen LogP contribution in [0.5, 0.6) is 0 Å². The van der Waals surface area contributed by atoms with E-state index in [-0.39, 0.29) is 5.97 Å². The van der Waals surface area contributed by atoms with Gasteiger partial charge in [-0.15, -0.1) is 0 Å². The molecule has 1 aromatic carbocycles. The number of carbonyl (C=O) groups is 1. The topological polar surface area (TPSA) is 58.2 Å². The Labute approximate surface area is 112 Å². The van der Waals surface area contributed by atoms with E-state index in [9.17, 15) is 4.79 Å². The lowest BCUT2D eigenvalue weighted by molar-refractivity contribution is 0.0521. The summed E-state index contributed by atoms with van der Waals surface area (Å²) in [5, 5.41) is 0. The molecule has 2 rings (SSSR count). The number of aromatic nitrogens is 2. The second-order valence-corrected chi connectivity index (χ2v) is 4.16. The van der Waals surface area contributed by atoms with Crippen LogP contribution in [-0.4, -0.2) is 29.6 Å². The average molecular weight is 259 g/mol. The van der Waals surface area contributed by atoms with E-state index in [4.69, 9.17) is 4.74 Å². The Kier molecular flexibility index (Phi) is 4.18. The summed E-state index contributed by atoms with van der Waals surface area (Å²) < 4.78 is 4.99. The van der Waals surface area contributed by atoms with Gasteiger partial charge in [0.2, 0.25) is 0 Å². The van der Waals surface area contributed by atoms with Gasteiger partial charge in [0.15, 0.2) is 11.5 Å². The first-order valence-corrected chi connectivity index (χ1v) is 6.18. The number of H-pyrrole nitrogens is 1.